The van der Waals surface area contributed by atoms with E-state index < -0.39 is 5.97 Å². The molecule has 0 aromatic carbocycles. The number of carboxylic acid groups (broad SMARTS) is 1. The smallest absolute Gasteiger partial charge is 0.341 e. The Hall–Kier alpha value is -1.56. The molecule has 0 amide bonds. The zero-order valence-electron chi connectivity index (χ0n) is 11.2. The van der Waals surface area contributed by atoms with E-state index in [0.717, 1.165) is 32.4 Å². The molecule has 0 spiro atoms. The summed E-state index contributed by atoms with van der Waals surface area (Å²) in [5.74, 6) is -0.366. The Balaban J connectivity index is 2.49. The highest BCUT2D eigenvalue weighted by Gasteiger charge is 2.18. The molecule has 0 bridgehead atoms. The fraction of sp³-hybridized carbons (Fsp3) is 0.667. The predicted octanol–water partition coefficient (Wildman–Crippen LogP) is 1.66. The van der Waals surface area contributed by atoms with Crippen molar-refractivity contribution in [1.29, 1.82) is 0 Å². The predicted molar refractivity (Wildman–Crippen MR) is 69.1 cm³/mol. The average molecular weight is 255 g/mol. The minimum atomic E-state index is -0.942. The number of unbranched alkanes of at least 4 members (excludes halogenated alkanes) is 2. The van der Waals surface area contributed by atoms with Gasteiger partial charge in [-0.15, -0.1) is 0 Å². The van der Waals surface area contributed by atoms with Gasteiger partial charge in [-0.1, -0.05) is 0 Å². The van der Waals surface area contributed by atoms with E-state index in [9.17, 15) is 4.79 Å². The lowest BCUT2D eigenvalue weighted by Crippen LogP contribution is -2.10. The van der Waals surface area contributed by atoms with Gasteiger partial charge in [-0.05, 0) is 26.2 Å². The molecule has 18 heavy (non-hydrogen) atoms. The fourth-order valence-corrected chi connectivity index (χ4v) is 1.87. The zero-order valence-corrected chi connectivity index (χ0v) is 11.2. The van der Waals surface area contributed by atoms with E-state index in [4.69, 9.17) is 9.84 Å². The molecule has 1 heterocycles. The minimum Gasteiger partial charge on any atom is -0.477 e. The molecule has 0 aliphatic rings. The summed E-state index contributed by atoms with van der Waals surface area (Å²) >= 11 is 0. The van der Waals surface area contributed by atoms with E-state index in [1.165, 1.54) is 0 Å². The van der Waals surface area contributed by atoms with Crippen LogP contribution in [0.5, 0.6) is 0 Å². The molecule has 0 atom stereocenters. The Morgan fingerprint density at radius 2 is 2.17 bits per heavy atom. The first-order valence-corrected chi connectivity index (χ1v) is 6.07. The quantitative estimate of drug-likeness (QED) is 0.691. The van der Waals surface area contributed by atoms with Crippen molar-refractivity contribution in [3.63, 3.8) is 0 Å². The van der Waals surface area contributed by atoms with Crippen molar-refractivity contribution in [3.05, 3.63) is 11.3 Å². The maximum Gasteiger partial charge on any atom is 0.341 e. The lowest BCUT2D eigenvalue weighted by Gasteiger charge is -2.07. The van der Waals surface area contributed by atoms with Crippen LogP contribution in [0.25, 0.3) is 0 Å². The number of hydrogen-bond donors (Lipinski definition) is 2. The highest BCUT2D eigenvalue weighted by Crippen LogP contribution is 2.18. The molecule has 0 radical (unpaired) electrons. The first kappa shape index (κ1) is 14.5. The highest BCUT2D eigenvalue weighted by molar-refractivity contribution is 5.94. The number of hydrogen-bond acceptors (Lipinski definition) is 4. The lowest BCUT2D eigenvalue weighted by atomic mass is 10.2. The second kappa shape index (κ2) is 7.00. The molecule has 1 rings (SSSR count). The Kier molecular flexibility index (Phi) is 5.64. The zero-order chi connectivity index (χ0) is 13.5. The second-order valence-corrected chi connectivity index (χ2v) is 4.22. The number of aromatic nitrogens is 2. The van der Waals surface area contributed by atoms with Crippen LogP contribution in [0, 0.1) is 6.92 Å². The number of aromatic carboxylic acids is 1. The molecule has 0 aliphatic heterocycles. The van der Waals surface area contributed by atoms with Crippen LogP contribution in [0.15, 0.2) is 0 Å². The molecule has 0 saturated heterocycles. The molecule has 0 unspecified atom stereocenters. The number of carboxylic acids is 1. The Labute approximate surface area is 107 Å². The third-order valence-corrected chi connectivity index (χ3v) is 2.75. The molecule has 2 N–H and O–H groups in total. The van der Waals surface area contributed by atoms with Gasteiger partial charge >= 0.3 is 5.97 Å². The molecular formula is C12H21N3O3. The van der Waals surface area contributed by atoms with E-state index in [0.29, 0.717) is 11.5 Å². The molecule has 0 saturated carbocycles. The van der Waals surface area contributed by atoms with Crippen molar-refractivity contribution in [2.75, 3.05) is 25.6 Å². The maximum absolute atomic E-state index is 11.1. The van der Waals surface area contributed by atoms with Gasteiger partial charge in [0.1, 0.15) is 11.4 Å². The number of methoxy groups -OCH3 is 1. The van der Waals surface area contributed by atoms with Crippen LogP contribution < -0.4 is 5.32 Å². The fourth-order valence-electron chi connectivity index (χ4n) is 1.87. The Morgan fingerprint density at radius 3 is 2.78 bits per heavy atom. The first-order valence-electron chi connectivity index (χ1n) is 6.07. The first-order chi connectivity index (χ1) is 8.57. The van der Waals surface area contributed by atoms with Gasteiger partial charge in [0.15, 0.2) is 0 Å². The Bertz CT molecular complexity index is 402. The van der Waals surface area contributed by atoms with Gasteiger partial charge in [0, 0.05) is 27.3 Å². The second-order valence-electron chi connectivity index (χ2n) is 4.22. The summed E-state index contributed by atoms with van der Waals surface area (Å²) in [6.45, 7) is 3.21. The third-order valence-electron chi connectivity index (χ3n) is 2.75. The van der Waals surface area contributed by atoms with Crippen LogP contribution in [0.4, 0.5) is 5.82 Å². The van der Waals surface area contributed by atoms with E-state index >= 15 is 0 Å². The maximum atomic E-state index is 11.1. The van der Waals surface area contributed by atoms with E-state index in [2.05, 4.69) is 10.4 Å². The molecule has 1 aromatic rings. The minimum absolute atomic E-state index is 0.259. The summed E-state index contributed by atoms with van der Waals surface area (Å²) in [7, 11) is 3.43. The van der Waals surface area contributed by atoms with Crippen LogP contribution in [-0.4, -0.2) is 41.1 Å². The summed E-state index contributed by atoms with van der Waals surface area (Å²) < 4.78 is 6.54. The van der Waals surface area contributed by atoms with Gasteiger partial charge in [0.05, 0.1) is 5.69 Å². The van der Waals surface area contributed by atoms with Gasteiger partial charge in [-0.25, -0.2) is 4.79 Å². The van der Waals surface area contributed by atoms with Crippen LogP contribution in [0.3, 0.4) is 0 Å². The molecule has 6 heteroatoms. The van der Waals surface area contributed by atoms with Crippen molar-refractivity contribution in [2.45, 2.75) is 26.2 Å². The van der Waals surface area contributed by atoms with Crippen molar-refractivity contribution < 1.29 is 14.6 Å². The van der Waals surface area contributed by atoms with Crippen molar-refractivity contribution in [2.24, 2.45) is 7.05 Å². The van der Waals surface area contributed by atoms with Crippen LogP contribution >= 0.6 is 0 Å². The van der Waals surface area contributed by atoms with E-state index in [1.54, 1.807) is 25.8 Å². The Morgan fingerprint density at radius 1 is 1.44 bits per heavy atom. The van der Waals surface area contributed by atoms with Crippen molar-refractivity contribution in [3.8, 4) is 0 Å². The van der Waals surface area contributed by atoms with Crippen LogP contribution in [0.2, 0.25) is 0 Å². The van der Waals surface area contributed by atoms with Crippen molar-refractivity contribution >= 4 is 11.8 Å². The average Bonchev–Trinajstić information content (AvgIpc) is 2.58. The van der Waals surface area contributed by atoms with Crippen LogP contribution in [-0.2, 0) is 11.8 Å². The van der Waals surface area contributed by atoms with E-state index in [1.807, 2.05) is 0 Å². The summed E-state index contributed by atoms with van der Waals surface area (Å²) in [6.07, 6.45) is 3.06. The lowest BCUT2D eigenvalue weighted by molar-refractivity contribution is 0.0697. The van der Waals surface area contributed by atoms with Gasteiger partial charge in [0.25, 0.3) is 0 Å². The number of nitrogens with one attached hydrogen (secondary N) is 1. The number of ether oxygens (including phenoxy) is 1. The van der Waals surface area contributed by atoms with E-state index in [-0.39, 0.29) is 5.56 Å². The molecule has 0 aliphatic carbocycles. The normalized spacial score (nSPS) is 10.6. The largest absolute Gasteiger partial charge is 0.477 e. The van der Waals surface area contributed by atoms with Crippen molar-refractivity contribution in [1.82, 2.24) is 9.78 Å². The van der Waals surface area contributed by atoms with Crippen LogP contribution in [0.1, 0.15) is 35.3 Å². The standard InChI is InChI=1S/C12H21N3O3/c1-9-10(12(16)17)11(15(2)14-9)13-7-5-4-6-8-18-3/h13H,4-8H2,1-3H3,(H,16,17). The number of nitrogens with zero attached hydrogens (tertiary/aromatic N) is 2. The summed E-state index contributed by atoms with van der Waals surface area (Å²) in [5, 5.41) is 16.4. The SMILES string of the molecule is COCCCCCNc1c(C(=O)O)c(C)nn1C. The molecular weight excluding hydrogens is 234 g/mol. The number of rotatable bonds is 8. The monoisotopic (exact) mass is 255 g/mol. The van der Waals surface area contributed by atoms with Gasteiger partial charge in [-0.3, -0.25) is 4.68 Å². The number of anilines is 1. The topological polar surface area (TPSA) is 76.4 Å². The highest BCUT2D eigenvalue weighted by atomic mass is 16.5. The molecule has 0 fully saturated rings. The van der Waals surface area contributed by atoms with Gasteiger partial charge in [-0.2, -0.15) is 5.10 Å². The summed E-state index contributed by atoms with van der Waals surface area (Å²) in [6, 6.07) is 0. The summed E-state index contributed by atoms with van der Waals surface area (Å²) in [5.41, 5.74) is 0.793. The third kappa shape index (κ3) is 3.73. The number of carbonyl (C=O) groups is 1. The summed E-state index contributed by atoms with van der Waals surface area (Å²) in [4.78, 5) is 11.1. The molecule has 6 nitrogen and oxygen atoms in total. The number of aryl methyl sites for hydroxylation is 2. The van der Waals surface area contributed by atoms with Gasteiger partial charge < -0.3 is 15.2 Å². The molecule has 1 aromatic heterocycles. The van der Waals surface area contributed by atoms with Gasteiger partial charge in [0.2, 0.25) is 0 Å². The molecule has 102 valence electrons.